The minimum Gasteiger partial charge on any atom is -0.508 e. The molecule has 4 heteroatoms. The molecule has 1 aromatic heterocycles. The van der Waals surface area contributed by atoms with E-state index in [-0.39, 0.29) is 5.75 Å². The summed E-state index contributed by atoms with van der Waals surface area (Å²) in [6, 6.07) is 10.8. The quantitative estimate of drug-likeness (QED) is 0.482. The second-order valence-corrected chi connectivity index (χ2v) is 4.03. The van der Waals surface area contributed by atoms with E-state index in [1.807, 2.05) is 18.2 Å². The third-order valence-corrected chi connectivity index (χ3v) is 2.99. The molecule has 0 atom stereocenters. The van der Waals surface area contributed by atoms with Crippen LogP contribution in [0.4, 0.5) is 0 Å². The van der Waals surface area contributed by atoms with Crippen molar-refractivity contribution in [3.63, 3.8) is 0 Å². The summed E-state index contributed by atoms with van der Waals surface area (Å²) in [6.45, 7) is 0. The highest BCUT2D eigenvalue weighted by atomic mass is 16.5. The maximum absolute atomic E-state index is 9.54. The van der Waals surface area contributed by atoms with Gasteiger partial charge in [-0.25, -0.2) is 0 Å². The lowest BCUT2D eigenvalue weighted by atomic mass is 10.0. The summed E-state index contributed by atoms with van der Waals surface area (Å²) in [6.07, 6.45) is 0. The first-order chi connectivity index (χ1) is 8.33. The summed E-state index contributed by atoms with van der Waals surface area (Å²) < 4.78 is 5.79. The van der Waals surface area contributed by atoms with Crippen LogP contribution in [0.1, 0.15) is 0 Å². The zero-order valence-corrected chi connectivity index (χ0v) is 8.77. The number of ether oxygens (including phenoxy) is 1. The van der Waals surface area contributed by atoms with Crippen LogP contribution in [0, 0.1) is 0 Å². The molecule has 17 heavy (non-hydrogen) atoms. The molecular formula is C13H8N2O2. The number of benzene rings is 2. The average Bonchev–Trinajstić information content (AvgIpc) is 2.77. The second-order valence-electron chi connectivity index (χ2n) is 4.03. The minimum absolute atomic E-state index is 0.211. The number of nitrogens with zero attached hydrogens (tertiary/aromatic N) is 1. The van der Waals surface area contributed by atoms with Crippen molar-refractivity contribution in [2.45, 2.75) is 0 Å². The molecule has 0 saturated carbocycles. The molecule has 0 amide bonds. The predicted octanol–water partition coefficient (Wildman–Crippen LogP) is 3.04. The number of phenolic OH excluding ortho intramolecular Hbond substituents is 1. The number of nitrogens with one attached hydrogen (secondary N) is 1. The third-order valence-electron chi connectivity index (χ3n) is 2.99. The zero-order valence-electron chi connectivity index (χ0n) is 8.77. The Bertz CT molecular complexity index is 746. The molecule has 0 aliphatic carbocycles. The Morgan fingerprint density at radius 1 is 1.12 bits per heavy atom. The molecule has 0 spiro atoms. The van der Waals surface area contributed by atoms with E-state index in [0.717, 1.165) is 33.7 Å². The van der Waals surface area contributed by atoms with Crippen molar-refractivity contribution < 1.29 is 9.84 Å². The largest absolute Gasteiger partial charge is 0.508 e. The van der Waals surface area contributed by atoms with Crippen LogP contribution in [-0.4, -0.2) is 15.3 Å². The predicted molar refractivity (Wildman–Crippen MR) is 63.3 cm³/mol. The molecule has 0 unspecified atom stereocenters. The standard InChI is InChI=1S/C13H8N2O2/c16-7-4-5-10-8(6-7)13-12-9(14-15-13)2-1-3-11(12)17-10/h1-6,16H,(H,14,15). The normalized spacial score (nSPS) is 12.2. The van der Waals surface area contributed by atoms with Gasteiger partial charge < -0.3 is 9.84 Å². The SMILES string of the molecule is Oc1ccc2c(c1)-c1n[nH]c3cccc(c13)O2. The first-order valence-corrected chi connectivity index (χ1v) is 5.31. The van der Waals surface area contributed by atoms with E-state index in [9.17, 15) is 5.11 Å². The van der Waals surface area contributed by atoms with Crippen molar-refractivity contribution in [1.29, 1.82) is 0 Å². The lowest BCUT2D eigenvalue weighted by Gasteiger charge is -2.16. The number of phenols is 1. The number of hydrogen-bond acceptors (Lipinski definition) is 3. The van der Waals surface area contributed by atoms with Crippen LogP contribution in [-0.2, 0) is 0 Å². The molecule has 4 rings (SSSR count). The maximum Gasteiger partial charge on any atom is 0.139 e. The van der Waals surface area contributed by atoms with Gasteiger partial charge in [-0.15, -0.1) is 0 Å². The molecule has 0 fully saturated rings. The maximum atomic E-state index is 9.54. The van der Waals surface area contributed by atoms with Crippen LogP contribution in [0.3, 0.4) is 0 Å². The van der Waals surface area contributed by atoms with Crippen LogP contribution in [0.5, 0.6) is 17.2 Å². The van der Waals surface area contributed by atoms with E-state index in [2.05, 4.69) is 10.2 Å². The van der Waals surface area contributed by atoms with Gasteiger partial charge in [0, 0.05) is 5.56 Å². The van der Waals surface area contributed by atoms with Crippen molar-refractivity contribution in [2.75, 3.05) is 0 Å². The van der Waals surface area contributed by atoms with Crippen LogP contribution >= 0.6 is 0 Å². The van der Waals surface area contributed by atoms with Crippen LogP contribution < -0.4 is 4.74 Å². The monoisotopic (exact) mass is 224 g/mol. The summed E-state index contributed by atoms with van der Waals surface area (Å²) in [5.74, 6) is 1.72. The smallest absolute Gasteiger partial charge is 0.139 e. The van der Waals surface area contributed by atoms with Crippen molar-refractivity contribution in [1.82, 2.24) is 10.2 Å². The summed E-state index contributed by atoms with van der Waals surface area (Å²) in [5, 5.41) is 17.8. The van der Waals surface area contributed by atoms with Crippen LogP contribution in [0.15, 0.2) is 36.4 Å². The molecule has 0 bridgehead atoms. The van der Waals surface area contributed by atoms with E-state index >= 15 is 0 Å². The van der Waals surface area contributed by atoms with Crippen molar-refractivity contribution >= 4 is 10.9 Å². The zero-order chi connectivity index (χ0) is 11.4. The number of hydrogen-bond donors (Lipinski definition) is 2. The molecule has 0 radical (unpaired) electrons. The lowest BCUT2D eigenvalue weighted by molar-refractivity contribution is 0.466. The van der Waals surface area contributed by atoms with E-state index in [0.29, 0.717) is 0 Å². The Morgan fingerprint density at radius 3 is 3.00 bits per heavy atom. The van der Waals surface area contributed by atoms with Gasteiger partial charge >= 0.3 is 0 Å². The Labute approximate surface area is 96.5 Å². The molecule has 1 aliphatic rings. The van der Waals surface area contributed by atoms with Crippen LogP contribution in [0.25, 0.3) is 22.2 Å². The highest BCUT2D eigenvalue weighted by Gasteiger charge is 2.22. The van der Waals surface area contributed by atoms with Crippen molar-refractivity contribution in [3.05, 3.63) is 36.4 Å². The highest BCUT2D eigenvalue weighted by Crippen LogP contribution is 2.45. The van der Waals surface area contributed by atoms with Gasteiger partial charge in [0.05, 0.1) is 10.9 Å². The van der Waals surface area contributed by atoms with Crippen LogP contribution in [0.2, 0.25) is 0 Å². The molecule has 82 valence electrons. The molecule has 0 saturated heterocycles. The van der Waals surface area contributed by atoms with Crippen molar-refractivity contribution in [2.24, 2.45) is 0 Å². The molecule has 1 aliphatic heterocycles. The van der Waals surface area contributed by atoms with Gasteiger partial charge in [-0.2, -0.15) is 5.10 Å². The average molecular weight is 224 g/mol. The molecule has 2 aromatic carbocycles. The van der Waals surface area contributed by atoms with Gasteiger partial charge in [0.2, 0.25) is 0 Å². The fourth-order valence-electron chi connectivity index (χ4n) is 2.23. The highest BCUT2D eigenvalue weighted by molar-refractivity contribution is 6.01. The van der Waals surface area contributed by atoms with E-state index in [4.69, 9.17) is 4.74 Å². The number of aromatic nitrogens is 2. The number of H-pyrrole nitrogens is 1. The summed E-state index contributed by atoms with van der Waals surface area (Å²) in [4.78, 5) is 0. The van der Waals surface area contributed by atoms with Crippen molar-refractivity contribution in [3.8, 4) is 28.5 Å². The number of aromatic hydroxyl groups is 1. The first-order valence-electron chi connectivity index (χ1n) is 5.31. The Hall–Kier alpha value is -2.49. The minimum atomic E-state index is 0.211. The molecule has 3 aromatic rings. The summed E-state index contributed by atoms with van der Waals surface area (Å²) >= 11 is 0. The molecule has 2 N–H and O–H groups in total. The van der Waals surface area contributed by atoms with Gasteiger partial charge in [0.25, 0.3) is 0 Å². The van der Waals surface area contributed by atoms with E-state index in [1.54, 1.807) is 18.2 Å². The Balaban J connectivity index is 2.17. The number of aromatic amines is 1. The fraction of sp³-hybridized carbons (Fsp3) is 0. The second kappa shape index (κ2) is 2.79. The molecule has 4 nitrogen and oxygen atoms in total. The van der Waals surface area contributed by atoms with E-state index in [1.165, 1.54) is 0 Å². The third kappa shape index (κ3) is 1.04. The van der Waals surface area contributed by atoms with Gasteiger partial charge in [0.1, 0.15) is 22.9 Å². The first kappa shape index (κ1) is 8.64. The van der Waals surface area contributed by atoms with Gasteiger partial charge in [0.15, 0.2) is 0 Å². The van der Waals surface area contributed by atoms with Gasteiger partial charge in [-0.3, -0.25) is 5.10 Å². The summed E-state index contributed by atoms with van der Waals surface area (Å²) in [5.41, 5.74) is 2.58. The summed E-state index contributed by atoms with van der Waals surface area (Å²) in [7, 11) is 0. The lowest BCUT2D eigenvalue weighted by Crippen LogP contribution is -1.94. The number of rotatable bonds is 0. The fourth-order valence-corrected chi connectivity index (χ4v) is 2.23. The Morgan fingerprint density at radius 2 is 2.06 bits per heavy atom. The van der Waals surface area contributed by atoms with Gasteiger partial charge in [-0.05, 0) is 30.3 Å². The topological polar surface area (TPSA) is 58.1 Å². The number of fused-ring (bicyclic) bond motifs is 2. The van der Waals surface area contributed by atoms with Gasteiger partial charge in [-0.1, -0.05) is 6.07 Å². The van der Waals surface area contributed by atoms with E-state index < -0.39 is 0 Å². The Kier molecular flexibility index (Phi) is 1.42. The molecular weight excluding hydrogens is 216 g/mol. The molecule has 2 heterocycles.